The van der Waals surface area contributed by atoms with Crippen molar-refractivity contribution in [2.24, 2.45) is 5.11 Å². The molecule has 0 fully saturated rings. The molecule has 0 aliphatic rings. The molecular weight excluding hydrogens is 178 g/mol. The summed E-state index contributed by atoms with van der Waals surface area (Å²) in [6.45, 7) is 1.68. The van der Waals surface area contributed by atoms with Gasteiger partial charge in [0.15, 0.2) is 0 Å². The highest BCUT2D eigenvalue weighted by molar-refractivity contribution is 6.31. The highest BCUT2D eigenvalue weighted by Gasteiger charge is 2.03. The lowest BCUT2D eigenvalue weighted by atomic mass is 10.2. The molecule has 0 amide bonds. The molecule has 1 N–H and O–H groups in total. The number of rotatable bonds is 1. The van der Waals surface area contributed by atoms with Crippen LogP contribution in [0.15, 0.2) is 17.2 Å². The zero-order valence-corrected chi connectivity index (χ0v) is 7.08. The number of nitrogens with zero attached hydrogens (tertiary/aromatic N) is 3. The first-order chi connectivity index (χ1) is 5.65. The molecule has 0 unspecified atom stereocenters. The Morgan fingerprint density at radius 2 is 2.25 bits per heavy atom. The van der Waals surface area contributed by atoms with Gasteiger partial charge in [-0.05, 0) is 30.2 Å². The van der Waals surface area contributed by atoms with Gasteiger partial charge in [0.1, 0.15) is 5.75 Å². The monoisotopic (exact) mass is 183 g/mol. The molecule has 12 heavy (non-hydrogen) atoms. The van der Waals surface area contributed by atoms with Crippen molar-refractivity contribution in [1.29, 1.82) is 0 Å². The van der Waals surface area contributed by atoms with Gasteiger partial charge in [-0.15, -0.1) is 0 Å². The molecular formula is C7H6ClN3O. The fraction of sp³-hybridized carbons (Fsp3) is 0.143. The first-order valence-electron chi connectivity index (χ1n) is 3.19. The highest BCUT2D eigenvalue weighted by atomic mass is 35.5. The molecule has 0 saturated carbocycles. The predicted octanol–water partition coefficient (Wildman–Crippen LogP) is 3.30. The molecule has 0 aliphatic heterocycles. The van der Waals surface area contributed by atoms with E-state index in [1.807, 2.05) is 0 Å². The summed E-state index contributed by atoms with van der Waals surface area (Å²) in [6.07, 6.45) is 0. The van der Waals surface area contributed by atoms with Gasteiger partial charge in [-0.1, -0.05) is 16.7 Å². The van der Waals surface area contributed by atoms with E-state index < -0.39 is 0 Å². The van der Waals surface area contributed by atoms with E-state index in [-0.39, 0.29) is 11.4 Å². The van der Waals surface area contributed by atoms with Gasteiger partial charge in [0.2, 0.25) is 0 Å². The Hall–Kier alpha value is -1.38. The predicted molar refractivity (Wildman–Crippen MR) is 46.7 cm³/mol. The number of phenolic OH excluding ortho intramolecular Hbond substituents is 1. The minimum Gasteiger partial charge on any atom is -0.507 e. The van der Waals surface area contributed by atoms with E-state index in [2.05, 4.69) is 10.0 Å². The Kier molecular flexibility index (Phi) is 2.43. The van der Waals surface area contributed by atoms with Crippen LogP contribution in [0.25, 0.3) is 10.4 Å². The maximum absolute atomic E-state index is 9.33. The third kappa shape index (κ3) is 1.61. The SMILES string of the molecule is Cc1cc(Cl)cc(N=[N+]=[N-])c1O. The molecule has 1 aromatic rings. The van der Waals surface area contributed by atoms with Crippen LogP contribution in [0.1, 0.15) is 5.56 Å². The lowest BCUT2D eigenvalue weighted by Crippen LogP contribution is -1.75. The van der Waals surface area contributed by atoms with Gasteiger partial charge in [-0.2, -0.15) is 0 Å². The Morgan fingerprint density at radius 1 is 1.58 bits per heavy atom. The molecule has 0 aliphatic carbocycles. The number of hydrogen-bond donors (Lipinski definition) is 1. The number of hydrogen-bond acceptors (Lipinski definition) is 2. The number of phenols is 1. The second-order valence-electron chi connectivity index (χ2n) is 2.28. The second kappa shape index (κ2) is 3.34. The Bertz CT molecular complexity index is 358. The van der Waals surface area contributed by atoms with Gasteiger partial charge in [0.05, 0.1) is 5.69 Å². The van der Waals surface area contributed by atoms with Crippen molar-refractivity contribution in [2.75, 3.05) is 0 Å². The highest BCUT2D eigenvalue weighted by Crippen LogP contribution is 2.33. The average Bonchev–Trinajstić information content (AvgIpc) is 2.00. The van der Waals surface area contributed by atoms with Crippen LogP contribution in [-0.2, 0) is 0 Å². The van der Waals surface area contributed by atoms with Gasteiger partial charge in [-0.3, -0.25) is 0 Å². The summed E-state index contributed by atoms with van der Waals surface area (Å²) in [4.78, 5) is 2.56. The molecule has 0 saturated heterocycles. The normalized spacial score (nSPS) is 9.17. The van der Waals surface area contributed by atoms with Crippen molar-refractivity contribution in [1.82, 2.24) is 0 Å². The molecule has 1 aromatic carbocycles. The maximum atomic E-state index is 9.33. The quantitative estimate of drug-likeness (QED) is 0.405. The Balaban J connectivity index is 3.36. The van der Waals surface area contributed by atoms with E-state index in [0.717, 1.165) is 0 Å². The van der Waals surface area contributed by atoms with Crippen LogP contribution in [0.2, 0.25) is 5.02 Å². The van der Waals surface area contributed by atoms with E-state index in [9.17, 15) is 5.11 Å². The smallest absolute Gasteiger partial charge is 0.128 e. The number of azide groups is 1. The van der Waals surface area contributed by atoms with Gasteiger partial charge in [0.25, 0.3) is 0 Å². The van der Waals surface area contributed by atoms with Crippen LogP contribution in [0.3, 0.4) is 0 Å². The molecule has 1 rings (SSSR count). The molecule has 0 atom stereocenters. The Labute approximate surface area is 74.0 Å². The summed E-state index contributed by atoms with van der Waals surface area (Å²) in [5.41, 5.74) is 8.87. The van der Waals surface area contributed by atoms with Crippen molar-refractivity contribution in [3.8, 4) is 5.75 Å². The number of aromatic hydroxyl groups is 1. The first-order valence-corrected chi connectivity index (χ1v) is 3.57. The van der Waals surface area contributed by atoms with E-state index >= 15 is 0 Å². The van der Waals surface area contributed by atoms with Crippen LogP contribution in [-0.4, -0.2) is 5.11 Å². The van der Waals surface area contributed by atoms with Crippen LogP contribution in [0, 0.1) is 6.92 Å². The topological polar surface area (TPSA) is 69.0 Å². The summed E-state index contributed by atoms with van der Waals surface area (Å²) in [6, 6.07) is 3.00. The third-order valence-electron chi connectivity index (χ3n) is 1.40. The largest absolute Gasteiger partial charge is 0.507 e. The lowest BCUT2D eigenvalue weighted by Gasteiger charge is -2.01. The molecule has 4 nitrogen and oxygen atoms in total. The molecule has 0 bridgehead atoms. The summed E-state index contributed by atoms with van der Waals surface area (Å²) in [7, 11) is 0. The van der Waals surface area contributed by atoms with Crippen molar-refractivity contribution in [3.05, 3.63) is 33.2 Å². The van der Waals surface area contributed by atoms with E-state index in [1.54, 1.807) is 13.0 Å². The third-order valence-corrected chi connectivity index (χ3v) is 1.62. The number of halogens is 1. The molecule has 62 valence electrons. The van der Waals surface area contributed by atoms with Gasteiger partial charge in [0, 0.05) is 9.93 Å². The van der Waals surface area contributed by atoms with E-state index in [0.29, 0.717) is 10.6 Å². The Morgan fingerprint density at radius 3 is 2.83 bits per heavy atom. The lowest BCUT2D eigenvalue weighted by molar-refractivity contribution is 0.472. The van der Waals surface area contributed by atoms with Crippen LogP contribution >= 0.6 is 11.6 Å². The minimum absolute atomic E-state index is 0.0304. The average molecular weight is 184 g/mol. The summed E-state index contributed by atoms with van der Waals surface area (Å²) >= 11 is 5.66. The maximum Gasteiger partial charge on any atom is 0.128 e. The number of aryl methyl sites for hydroxylation is 1. The standard InChI is InChI=1S/C7H6ClN3O/c1-4-2-5(8)3-6(7(4)12)10-11-9/h2-3,12H,1H3. The summed E-state index contributed by atoms with van der Waals surface area (Å²) < 4.78 is 0. The molecule has 0 radical (unpaired) electrons. The van der Waals surface area contributed by atoms with Crippen molar-refractivity contribution >= 4 is 17.3 Å². The molecule has 0 spiro atoms. The van der Waals surface area contributed by atoms with Crippen molar-refractivity contribution < 1.29 is 5.11 Å². The molecule has 0 aromatic heterocycles. The first kappa shape index (κ1) is 8.71. The van der Waals surface area contributed by atoms with Gasteiger partial charge >= 0.3 is 0 Å². The summed E-state index contributed by atoms with van der Waals surface area (Å²) in [5.74, 6) is -0.0304. The van der Waals surface area contributed by atoms with Crippen molar-refractivity contribution in [2.45, 2.75) is 6.92 Å². The summed E-state index contributed by atoms with van der Waals surface area (Å²) in [5, 5.41) is 13.0. The fourth-order valence-corrected chi connectivity index (χ4v) is 1.11. The zero-order chi connectivity index (χ0) is 9.14. The number of benzene rings is 1. The van der Waals surface area contributed by atoms with Crippen molar-refractivity contribution in [3.63, 3.8) is 0 Å². The van der Waals surface area contributed by atoms with Crippen LogP contribution in [0.4, 0.5) is 5.69 Å². The van der Waals surface area contributed by atoms with E-state index in [1.165, 1.54) is 6.07 Å². The van der Waals surface area contributed by atoms with Gasteiger partial charge in [-0.25, -0.2) is 0 Å². The zero-order valence-electron chi connectivity index (χ0n) is 6.32. The minimum atomic E-state index is -0.0304. The molecule has 0 heterocycles. The second-order valence-corrected chi connectivity index (χ2v) is 2.72. The molecule has 5 heteroatoms. The van der Waals surface area contributed by atoms with E-state index in [4.69, 9.17) is 17.1 Å². The van der Waals surface area contributed by atoms with Crippen LogP contribution < -0.4 is 0 Å². The van der Waals surface area contributed by atoms with Crippen LogP contribution in [0.5, 0.6) is 5.75 Å². The fourth-order valence-electron chi connectivity index (χ4n) is 0.842. The van der Waals surface area contributed by atoms with Gasteiger partial charge < -0.3 is 5.11 Å².